The molecule has 3 rings (SSSR count). The van der Waals surface area contributed by atoms with Crippen LogP contribution in [0, 0.1) is 12.8 Å². The van der Waals surface area contributed by atoms with Crippen molar-refractivity contribution in [2.45, 2.75) is 31.6 Å². The quantitative estimate of drug-likeness (QED) is 0.492. The normalized spacial score (nSPS) is 25.2. The monoisotopic (exact) mass is 390 g/mol. The summed E-state index contributed by atoms with van der Waals surface area (Å²) in [6.45, 7) is 1.81. The molecule has 1 aliphatic carbocycles. The minimum absolute atomic E-state index is 0.00160. The van der Waals surface area contributed by atoms with Crippen molar-refractivity contribution in [2.75, 3.05) is 17.7 Å². The lowest BCUT2D eigenvalue weighted by Gasteiger charge is -2.20. The molecule has 1 aromatic carbocycles. The van der Waals surface area contributed by atoms with Crippen molar-refractivity contribution >= 4 is 35.5 Å². The van der Waals surface area contributed by atoms with Gasteiger partial charge in [0.1, 0.15) is 17.1 Å². The first-order valence-electron chi connectivity index (χ1n) is 8.70. The van der Waals surface area contributed by atoms with E-state index in [2.05, 4.69) is 15.3 Å². The van der Waals surface area contributed by atoms with E-state index in [0.29, 0.717) is 17.8 Å². The molecule has 144 valence electrons. The Morgan fingerprint density at radius 1 is 1.19 bits per heavy atom. The van der Waals surface area contributed by atoms with Crippen LogP contribution < -0.4 is 11.1 Å². The summed E-state index contributed by atoms with van der Waals surface area (Å²) in [6.07, 6.45) is 2.00. The summed E-state index contributed by atoms with van der Waals surface area (Å²) < 4.78 is 0. The molecular weight excluding hydrogens is 368 g/mol. The lowest BCUT2D eigenvalue weighted by molar-refractivity contribution is 0.00445. The summed E-state index contributed by atoms with van der Waals surface area (Å²) in [4.78, 5) is 8.19. The molecule has 1 saturated carbocycles. The molecule has 4 atom stereocenters. The molecule has 0 aliphatic heterocycles. The Bertz CT molecular complexity index is 828. The zero-order valence-corrected chi connectivity index (χ0v) is 15.6. The molecular formula is C19H23ClN4O3. The minimum Gasteiger partial charge on any atom is -0.396 e. The van der Waals surface area contributed by atoms with Gasteiger partial charge in [-0.15, -0.1) is 0 Å². The lowest BCUT2D eigenvalue weighted by Crippen LogP contribution is -2.35. The number of nitrogens with zero attached hydrogens (tertiary/aromatic N) is 2. The molecule has 7 nitrogen and oxygen atoms in total. The molecule has 27 heavy (non-hydrogen) atoms. The van der Waals surface area contributed by atoms with Gasteiger partial charge in [0.15, 0.2) is 0 Å². The Morgan fingerprint density at radius 3 is 2.52 bits per heavy atom. The number of benzene rings is 1. The Balaban J connectivity index is 1.88. The van der Waals surface area contributed by atoms with Crippen LogP contribution in [0.1, 0.15) is 23.1 Å². The van der Waals surface area contributed by atoms with Crippen LogP contribution in [0.25, 0.3) is 12.2 Å². The average Bonchev–Trinajstić information content (AvgIpc) is 2.90. The van der Waals surface area contributed by atoms with Gasteiger partial charge in [-0.05, 0) is 25.0 Å². The number of hydrogen-bond donors (Lipinski definition) is 5. The van der Waals surface area contributed by atoms with Crippen LogP contribution in [0.15, 0.2) is 24.3 Å². The number of nitrogens with one attached hydrogen (secondary N) is 1. The van der Waals surface area contributed by atoms with Crippen molar-refractivity contribution in [2.24, 2.45) is 5.92 Å². The van der Waals surface area contributed by atoms with Crippen molar-refractivity contribution in [3.8, 4) is 0 Å². The van der Waals surface area contributed by atoms with Crippen LogP contribution in [-0.4, -0.2) is 50.1 Å². The first-order valence-corrected chi connectivity index (χ1v) is 9.08. The van der Waals surface area contributed by atoms with Crippen molar-refractivity contribution in [1.82, 2.24) is 9.97 Å². The lowest BCUT2D eigenvalue weighted by atomic mass is 10.1. The fraction of sp³-hybridized carbons (Fsp3) is 0.368. The van der Waals surface area contributed by atoms with Gasteiger partial charge in [0, 0.05) is 12.5 Å². The van der Waals surface area contributed by atoms with Gasteiger partial charge in [-0.25, -0.2) is 4.98 Å². The first-order chi connectivity index (χ1) is 12.9. The van der Waals surface area contributed by atoms with E-state index in [4.69, 9.17) is 17.3 Å². The van der Waals surface area contributed by atoms with E-state index >= 15 is 0 Å². The maximum Gasteiger partial charge on any atom is 0.223 e. The highest BCUT2D eigenvalue weighted by Crippen LogP contribution is 2.31. The second kappa shape index (κ2) is 8.22. The number of rotatable bonds is 5. The molecule has 8 heteroatoms. The van der Waals surface area contributed by atoms with Crippen molar-refractivity contribution in [3.63, 3.8) is 0 Å². The van der Waals surface area contributed by atoms with Crippen LogP contribution in [-0.2, 0) is 0 Å². The molecule has 2 aromatic rings. The van der Waals surface area contributed by atoms with Gasteiger partial charge in [-0.2, -0.15) is 4.98 Å². The maximum atomic E-state index is 10.2. The highest BCUT2D eigenvalue weighted by Gasteiger charge is 2.41. The molecule has 1 aromatic heterocycles. The zero-order chi connectivity index (χ0) is 19.6. The molecule has 0 unspecified atom stereocenters. The molecule has 0 spiro atoms. The molecule has 0 amide bonds. The number of aliphatic hydroxyl groups is 3. The largest absolute Gasteiger partial charge is 0.396 e. The van der Waals surface area contributed by atoms with Crippen molar-refractivity contribution in [3.05, 3.63) is 46.1 Å². The third kappa shape index (κ3) is 4.39. The number of halogens is 1. The Hall–Kier alpha value is -2.19. The van der Waals surface area contributed by atoms with Crippen LogP contribution >= 0.6 is 11.6 Å². The van der Waals surface area contributed by atoms with E-state index in [1.807, 2.05) is 37.3 Å². The third-order valence-corrected chi connectivity index (χ3v) is 5.08. The Morgan fingerprint density at radius 2 is 1.89 bits per heavy atom. The fourth-order valence-electron chi connectivity index (χ4n) is 3.20. The number of nitrogen functional groups attached to an aromatic ring is 1. The smallest absolute Gasteiger partial charge is 0.223 e. The zero-order valence-electron chi connectivity index (χ0n) is 14.9. The first kappa shape index (κ1) is 19.6. The molecule has 6 N–H and O–H groups in total. The van der Waals surface area contributed by atoms with Gasteiger partial charge in [-0.1, -0.05) is 47.5 Å². The SMILES string of the molecule is Cc1ccc(/C=C/c2c(Cl)nc(N)nc2N[C@@H]2C[C@H](CO)[C@@H](O)[C@H]2O)cc1. The van der Waals surface area contributed by atoms with Crippen molar-refractivity contribution < 1.29 is 15.3 Å². The topological polar surface area (TPSA) is 125 Å². The van der Waals surface area contributed by atoms with E-state index in [-0.39, 0.29) is 17.7 Å². The van der Waals surface area contributed by atoms with Gasteiger partial charge in [0.2, 0.25) is 5.95 Å². The molecule has 1 aliphatic rings. The Labute approximate surface area is 162 Å². The molecule has 0 bridgehead atoms. The summed E-state index contributed by atoms with van der Waals surface area (Å²) in [7, 11) is 0. The number of aliphatic hydroxyl groups excluding tert-OH is 3. The summed E-state index contributed by atoms with van der Waals surface area (Å²) >= 11 is 6.26. The van der Waals surface area contributed by atoms with Gasteiger partial charge >= 0.3 is 0 Å². The third-order valence-electron chi connectivity index (χ3n) is 4.79. The van der Waals surface area contributed by atoms with Gasteiger partial charge < -0.3 is 26.4 Å². The second-order valence-electron chi connectivity index (χ2n) is 6.79. The predicted octanol–water partition coefficient (Wildman–Crippen LogP) is 1.71. The minimum atomic E-state index is -1.04. The fourth-order valence-corrected chi connectivity index (χ4v) is 3.44. The van der Waals surface area contributed by atoms with Crippen LogP contribution in [0.4, 0.5) is 11.8 Å². The molecule has 0 saturated heterocycles. The van der Waals surface area contributed by atoms with Gasteiger partial charge in [0.25, 0.3) is 0 Å². The van der Waals surface area contributed by atoms with Crippen molar-refractivity contribution in [1.29, 1.82) is 0 Å². The van der Waals surface area contributed by atoms with Crippen LogP contribution in [0.3, 0.4) is 0 Å². The van der Waals surface area contributed by atoms with Gasteiger partial charge in [0.05, 0.1) is 17.7 Å². The Kier molecular flexibility index (Phi) is 5.96. The number of nitrogens with two attached hydrogens (primary N) is 1. The highest BCUT2D eigenvalue weighted by molar-refractivity contribution is 6.31. The summed E-state index contributed by atoms with van der Waals surface area (Å²) in [5, 5.41) is 32.9. The standard InChI is InChI=1S/C19H23ClN4O3/c1-10-2-4-11(5-3-10)6-7-13-17(20)23-19(21)24-18(13)22-14-8-12(9-25)15(26)16(14)27/h2-7,12,14-16,25-27H,8-9H2,1H3,(H3,21,22,23,24)/b7-6+/t12-,14-,15-,16+/m1/s1. The predicted molar refractivity (Wildman–Crippen MR) is 106 cm³/mol. The average molecular weight is 391 g/mol. The van der Waals surface area contributed by atoms with Gasteiger partial charge in [-0.3, -0.25) is 0 Å². The van der Waals surface area contributed by atoms with E-state index < -0.39 is 24.2 Å². The molecule has 1 heterocycles. The summed E-state index contributed by atoms with van der Waals surface area (Å²) in [6, 6.07) is 7.48. The highest BCUT2D eigenvalue weighted by atomic mass is 35.5. The van der Waals surface area contributed by atoms with E-state index in [9.17, 15) is 15.3 Å². The molecule has 0 radical (unpaired) electrons. The van der Waals surface area contributed by atoms with E-state index in [0.717, 1.165) is 11.1 Å². The summed E-state index contributed by atoms with van der Waals surface area (Å²) in [5.74, 6) is -0.0360. The van der Waals surface area contributed by atoms with E-state index in [1.165, 1.54) is 0 Å². The number of aryl methyl sites for hydroxylation is 1. The summed E-state index contributed by atoms with van der Waals surface area (Å²) in [5.41, 5.74) is 8.39. The number of anilines is 2. The number of aromatic nitrogens is 2. The van der Waals surface area contributed by atoms with Crippen LogP contribution in [0.2, 0.25) is 5.15 Å². The molecule has 1 fully saturated rings. The maximum absolute atomic E-state index is 10.2. The number of hydrogen-bond acceptors (Lipinski definition) is 7. The second-order valence-corrected chi connectivity index (χ2v) is 7.15. The van der Waals surface area contributed by atoms with Crippen LogP contribution in [0.5, 0.6) is 0 Å². The van der Waals surface area contributed by atoms with E-state index in [1.54, 1.807) is 6.08 Å².